The van der Waals surface area contributed by atoms with E-state index in [0.717, 1.165) is 37.0 Å². The smallest absolute Gasteiger partial charge is 0.349 e. The summed E-state index contributed by atoms with van der Waals surface area (Å²) in [7, 11) is 1.32. The van der Waals surface area contributed by atoms with Gasteiger partial charge < -0.3 is 14.5 Å². The number of thiazole rings is 1. The molecular weight excluding hydrogens is 304 g/mol. The van der Waals surface area contributed by atoms with Crippen LogP contribution in [0.1, 0.15) is 49.4 Å². The molecule has 0 bridgehead atoms. The number of hydrogen-bond acceptors (Lipinski definition) is 6. The first-order chi connectivity index (χ1) is 10.7. The molecule has 0 fully saturated rings. The summed E-state index contributed by atoms with van der Waals surface area (Å²) in [6, 6.07) is 1.82. The van der Waals surface area contributed by atoms with Crippen LogP contribution in [-0.4, -0.2) is 24.0 Å². The predicted molar refractivity (Wildman–Crippen MR) is 80.0 cm³/mol. The zero-order valence-electron chi connectivity index (χ0n) is 12.2. The van der Waals surface area contributed by atoms with Gasteiger partial charge in [-0.25, -0.2) is 9.78 Å². The second-order valence-electron chi connectivity index (χ2n) is 5.06. The van der Waals surface area contributed by atoms with Crippen LogP contribution < -0.4 is 5.32 Å². The molecule has 0 saturated heterocycles. The highest BCUT2D eigenvalue weighted by Gasteiger charge is 2.19. The lowest BCUT2D eigenvalue weighted by Gasteiger charge is -2.07. The molecule has 0 radical (unpaired) electrons. The number of furan rings is 1. The van der Waals surface area contributed by atoms with Gasteiger partial charge in [-0.2, -0.15) is 0 Å². The molecule has 0 atom stereocenters. The number of amides is 1. The van der Waals surface area contributed by atoms with Gasteiger partial charge in [0, 0.05) is 6.42 Å². The first kappa shape index (κ1) is 14.8. The molecule has 1 aliphatic carbocycles. The van der Waals surface area contributed by atoms with E-state index in [0.29, 0.717) is 15.6 Å². The standard InChI is InChI=1S/C15H16N2O4S/c1-20-15(19)12-7-16-13(22-12)8-17-14(18)11-6-9-4-2-3-5-10(9)21-11/h6-7H,2-5,8H2,1H3,(H,17,18). The normalized spacial score (nSPS) is 13.5. The van der Waals surface area contributed by atoms with Crippen molar-refractivity contribution in [1.29, 1.82) is 0 Å². The fraction of sp³-hybridized carbons (Fsp3) is 0.400. The Morgan fingerprint density at radius 1 is 1.41 bits per heavy atom. The second kappa shape index (κ2) is 6.31. The van der Waals surface area contributed by atoms with Gasteiger partial charge in [-0.3, -0.25) is 4.79 Å². The van der Waals surface area contributed by atoms with Crippen molar-refractivity contribution >= 4 is 23.2 Å². The molecule has 0 aliphatic heterocycles. The van der Waals surface area contributed by atoms with Gasteiger partial charge in [-0.05, 0) is 30.9 Å². The highest BCUT2D eigenvalue weighted by molar-refractivity contribution is 7.13. The van der Waals surface area contributed by atoms with Crippen LogP contribution in [0.15, 0.2) is 16.7 Å². The molecule has 1 aliphatic rings. The van der Waals surface area contributed by atoms with E-state index in [1.54, 1.807) is 0 Å². The molecule has 1 N–H and O–H groups in total. The van der Waals surface area contributed by atoms with Crippen LogP contribution in [0.5, 0.6) is 0 Å². The van der Waals surface area contributed by atoms with E-state index in [1.165, 1.54) is 24.6 Å². The van der Waals surface area contributed by atoms with Crippen LogP contribution in [0.2, 0.25) is 0 Å². The predicted octanol–water partition coefficient (Wildman–Crippen LogP) is 2.33. The Balaban J connectivity index is 1.61. The zero-order valence-corrected chi connectivity index (χ0v) is 13.0. The van der Waals surface area contributed by atoms with Crippen LogP contribution >= 0.6 is 11.3 Å². The number of nitrogens with zero attached hydrogens (tertiary/aromatic N) is 1. The Hall–Kier alpha value is -2.15. The van der Waals surface area contributed by atoms with E-state index < -0.39 is 5.97 Å². The van der Waals surface area contributed by atoms with Crippen LogP contribution in [0.4, 0.5) is 0 Å². The minimum Gasteiger partial charge on any atom is -0.465 e. The van der Waals surface area contributed by atoms with Crippen molar-refractivity contribution in [2.24, 2.45) is 0 Å². The molecule has 22 heavy (non-hydrogen) atoms. The highest BCUT2D eigenvalue weighted by atomic mass is 32.1. The van der Waals surface area contributed by atoms with Crippen LogP contribution in [0.3, 0.4) is 0 Å². The number of ether oxygens (including phenoxy) is 1. The van der Waals surface area contributed by atoms with Gasteiger partial charge in [0.15, 0.2) is 5.76 Å². The van der Waals surface area contributed by atoms with E-state index in [-0.39, 0.29) is 12.5 Å². The zero-order chi connectivity index (χ0) is 15.5. The highest BCUT2D eigenvalue weighted by Crippen LogP contribution is 2.24. The lowest BCUT2D eigenvalue weighted by molar-refractivity contribution is 0.0606. The molecule has 1 amide bonds. The molecule has 3 rings (SSSR count). The Labute approximate surface area is 131 Å². The first-order valence-corrected chi connectivity index (χ1v) is 7.92. The van der Waals surface area contributed by atoms with Gasteiger partial charge in [0.2, 0.25) is 0 Å². The van der Waals surface area contributed by atoms with E-state index >= 15 is 0 Å². The van der Waals surface area contributed by atoms with E-state index in [2.05, 4.69) is 15.0 Å². The summed E-state index contributed by atoms with van der Waals surface area (Å²) in [5, 5.41) is 3.40. The Kier molecular flexibility index (Phi) is 4.24. The molecule has 2 aromatic heterocycles. The number of carbonyl (C=O) groups excluding carboxylic acids is 2. The minimum atomic E-state index is -0.422. The summed E-state index contributed by atoms with van der Waals surface area (Å²) in [6.45, 7) is 0.256. The van der Waals surface area contributed by atoms with Crippen molar-refractivity contribution in [3.63, 3.8) is 0 Å². The summed E-state index contributed by atoms with van der Waals surface area (Å²) < 4.78 is 10.2. The van der Waals surface area contributed by atoms with Crippen LogP contribution in [0, 0.1) is 0 Å². The molecule has 6 nitrogen and oxygen atoms in total. The van der Waals surface area contributed by atoms with Crippen molar-refractivity contribution < 1.29 is 18.7 Å². The van der Waals surface area contributed by atoms with Gasteiger partial charge in [-0.15, -0.1) is 11.3 Å². The third-order valence-corrected chi connectivity index (χ3v) is 4.54. The Morgan fingerprint density at radius 3 is 3.00 bits per heavy atom. The third-order valence-electron chi connectivity index (χ3n) is 3.56. The van der Waals surface area contributed by atoms with Crippen molar-refractivity contribution in [3.05, 3.63) is 39.2 Å². The summed E-state index contributed by atoms with van der Waals surface area (Å²) in [4.78, 5) is 28.0. The summed E-state index contributed by atoms with van der Waals surface area (Å²) in [6.07, 6.45) is 5.57. The molecule has 0 saturated carbocycles. The molecule has 0 spiro atoms. The van der Waals surface area contributed by atoms with E-state index in [4.69, 9.17) is 4.42 Å². The number of carbonyl (C=O) groups is 2. The monoisotopic (exact) mass is 320 g/mol. The number of nitrogens with one attached hydrogen (secondary N) is 1. The largest absolute Gasteiger partial charge is 0.465 e. The number of hydrogen-bond donors (Lipinski definition) is 1. The number of methoxy groups -OCH3 is 1. The van der Waals surface area contributed by atoms with Crippen molar-refractivity contribution in [1.82, 2.24) is 10.3 Å². The number of esters is 1. The Morgan fingerprint density at radius 2 is 2.23 bits per heavy atom. The minimum absolute atomic E-state index is 0.256. The van der Waals surface area contributed by atoms with Gasteiger partial charge in [0.05, 0.1) is 19.9 Å². The average Bonchev–Trinajstić information content (AvgIpc) is 3.18. The molecule has 0 unspecified atom stereocenters. The Bertz CT molecular complexity index is 681. The fourth-order valence-electron chi connectivity index (χ4n) is 2.43. The molecule has 116 valence electrons. The molecule has 7 heteroatoms. The van der Waals surface area contributed by atoms with E-state index in [9.17, 15) is 9.59 Å². The second-order valence-corrected chi connectivity index (χ2v) is 6.17. The third kappa shape index (κ3) is 3.04. The van der Waals surface area contributed by atoms with Crippen molar-refractivity contribution in [3.8, 4) is 0 Å². The molecule has 2 heterocycles. The maximum absolute atomic E-state index is 12.1. The van der Waals surface area contributed by atoms with Crippen molar-refractivity contribution in [2.75, 3.05) is 7.11 Å². The SMILES string of the molecule is COC(=O)c1cnc(CNC(=O)c2cc3c(o2)CCCC3)s1. The topological polar surface area (TPSA) is 81.4 Å². The maximum atomic E-state index is 12.1. The quantitative estimate of drug-likeness (QED) is 0.874. The number of rotatable bonds is 4. The van der Waals surface area contributed by atoms with Crippen LogP contribution in [-0.2, 0) is 24.1 Å². The average molecular weight is 320 g/mol. The first-order valence-electron chi connectivity index (χ1n) is 7.10. The maximum Gasteiger partial charge on any atom is 0.349 e. The lowest BCUT2D eigenvalue weighted by Crippen LogP contribution is -2.22. The van der Waals surface area contributed by atoms with Gasteiger partial charge in [0.1, 0.15) is 15.6 Å². The summed E-state index contributed by atoms with van der Waals surface area (Å²) >= 11 is 1.20. The summed E-state index contributed by atoms with van der Waals surface area (Å²) in [5.74, 6) is 0.591. The number of aromatic nitrogens is 1. The number of fused-ring (bicyclic) bond motifs is 1. The van der Waals surface area contributed by atoms with Crippen molar-refractivity contribution in [2.45, 2.75) is 32.2 Å². The van der Waals surface area contributed by atoms with Gasteiger partial charge in [-0.1, -0.05) is 0 Å². The van der Waals surface area contributed by atoms with E-state index in [1.807, 2.05) is 6.07 Å². The van der Waals surface area contributed by atoms with Gasteiger partial charge in [0.25, 0.3) is 5.91 Å². The lowest BCUT2D eigenvalue weighted by atomic mass is 9.99. The molecule has 2 aromatic rings. The number of aryl methyl sites for hydroxylation is 2. The molecular formula is C15H16N2O4S. The summed E-state index contributed by atoms with van der Waals surface area (Å²) in [5.41, 5.74) is 1.14. The molecule has 0 aromatic carbocycles. The van der Waals surface area contributed by atoms with Crippen LogP contribution in [0.25, 0.3) is 0 Å². The fourth-order valence-corrected chi connectivity index (χ4v) is 3.21. The van der Waals surface area contributed by atoms with Gasteiger partial charge >= 0.3 is 5.97 Å².